The van der Waals surface area contributed by atoms with E-state index in [1.165, 1.54) is 0 Å². The molecule has 3 nitrogen and oxygen atoms in total. The Balaban J connectivity index is 2.95. The van der Waals surface area contributed by atoms with Crippen molar-refractivity contribution in [3.05, 3.63) is 36.4 Å². The monoisotopic (exact) mass is 248 g/mol. The molecule has 3 heteroatoms. The number of nitrogens with zero attached hydrogens (tertiary/aromatic N) is 1. The van der Waals surface area contributed by atoms with E-state index in [9.17, 15) is 0 Å². The maximum absolute atomic E-state index is 6.06. The molecule has 0 saturated carbocycles. The van der Waals surface area contributed by atoms with Crippen LogP contribution in [0.25, 0.3) is 0 Å². The molecule has 2 N–H and O–H groups in total. The molecule has 0 unspecified atom stereocenters. The first-order valence-electron chi connectivity index (χ1n) is 6.36. The summed E-state index contributed by atoms with van der Waals surface area (Å²) in [6.07, 6.45) is 4.07. The highest BCUT2D eigenvalue weighted by molar-refractivity contribution is 5.60. The van der Waals surface area contributed by atoms with E-state index in [1.807, 2.05) is 25.1 Å². The summed E-state index contributed by atoms with van der Waals surface area (Å²) >= 11 is 0. The van der Waals surface area contributed by atoms with Crippen molar-refractivity contribution in [1.82, 2.24) is 0 Å². The van der Waals surface area contributed by atoms with Gasteiger partial charge in [-0.1, -0.05) is 12.1 Å². The Morgan fingerprint density at radius 1 is 1.50 bits per heavy atom. The van der Waals surface area contributed by atoms with Crippen molar-refractivity contribution in [1.29, 1.82) is 0 Å². The zero-order valence-electron chi connectivity index (χ0n) is 11.6. The van der Waals surface area contributed by atoms with Crippen LogP contribution in [0, 0.1) is 0 Å². The average Bonchev–Trinajstić information content (AvgIpc) is 2.37. The molecule has 0 aliphatic carbocycles. The second kappa shape index (κ2) is 7.07. The standard InChI is InChI=1S/C15H24N2O/c1-5-6-7-11-17(3)13-9-8-10-14(18-4)15(13)12(2)16/h5,8-10,12H,1,6-7,11,16H2,2-4H3/t12-/m0/s1. The number of anilines is 1. The Hall–Kier alpha value is -1.48. The van der Waals surface area contributed by atoms with Crippen LogP contribution in [0.3, 0.4) is 0 Å². The molecule has 0 fully saturated rings. The Labute approximate surface area is 110 Å². The van der Waals surface area contributed by atoms with Crippen LogP contribution in [0.15, 0.2) is 30.9 Å². The molecule has 0 aliphatic rings. The van der Waals surface area contributed by atoms with Gasteiger partial charge >= 0.3 is 0 Å². The van der Waals surface area contributed by atoms with Gasteiger partial charge in [0.2, 0.25) is 0 Å². The first-order chi connectivity index (χ1) is 8.61. The van der Waals surface area contributed by atoms with Crippen LogP contribution in [0.1, 0.15) is 31.4 Å². The maximum Gasteiger partial charge on any atom is 0.125 e. The summed E-state index contributed by atoms with van der Waals surface area (Å²) in [5.74, 6) is 0.859. The molecule has 1 atom stereocenters. The number of nitrogens with two attached hydrogens (primary N) is 1. The minimum Gasteiger partial charge on any atom is -0.496 e. The fourth-order valence-corrected chi connectivity index (χ4v) is 2.09. The minimum absolute atomic E-state index is 0.0435. The summed E-state index contributed by atoms with van der Waals surface area (Å²) < 4.78 is 5.40. The molecule has 0 amide bonds. The highest BCUT2D eigenvalue weighted by atomic mass is 16.5. The number of unbranched alkanes of at least 4 members (excludes halogenated alkanes) is 1. The van der Waals surface area contributed by atoms with Crippen LogP contribution < -0.4 is 15.4 Å². The topological polar surface area (TPSA) is 38.5 Å². The zero-order valence-corrected chi connectivity index (χ0v) is 11.6. The van der Waals surface area contributed by atoms with Crippen LogP contribution in [0.2, 0.25) is 0 Å². The van der Waals surface area contributed by atoms with Gasteiger partial charge in [-0.05, 0) is 31.9 Å². The summed E-state index contributed by atoms with van der Waals surface area (Å²) in [7, 11) is 3.77. The second-order valence-electron chi connectivity index (χ2n) is 4.53. The normalized spacial score (nSPS) is 12.0. The van der Waals surface area contributed by atoms with Gasteiger partial charge in [0.25, 0.3) is 0 Å². The van der Waals surface area contributed by atoms with Gasteiger partial charge in [0.1, 0.15) is 5.75 Å². The van der Waals surface area contributed by atoms with Crippen molar-refractivity contribution in [2.75, 3.05) is 25.6 Å². The van der Waals surface area contributed by atoms with E-state index < -0.39 is 0 Å². The lowest BCUT2D eigenvalue weighted by molar-refractivity contribution is 0.407. The number of methoxy groups -OCH3 is 1. The molecule has 0 aliphatic heterocycles. The summed E-state index contributed by atoms with van der Waals surface area (Å²) in [6.45, 7) is 6.72. The first-order valence-corrected chi connectivity index (χ1v) is 6.36. The van der Waals surface area contributed by atoms with Gasteiger partial charge in [0.15, 0.2) is 0 Å². The molecule has 0 radical (unpaired) electrons. The largest absolute Gasteiger partial charge is 0.496 e. The lowest BCUT2D eigenvalue weighted by atomic mass is 10.0. The quantitative estimate of drug-likeness (QED) is 0.595. The van der Waals surface area contributed by atoms with Crippen LogP contribution in [-0.2, 0) is 0 Å². The maximum atomic E-state index is 6.06. The summed E-state index contributed by atoms with van der Waals surface area (Å²) in [5.41, 5.74) is 8.28. The summed E-state index contributed by atoms with van der Waals surface area (Å²) in [6, 6.07) is 6.01. The number of ether oxygens (including phenoxy) is 1. The Kier molecular flexibility index (Phi) is 5.72. The van der Waals surface area contributed by atoms with E-state index in [1.54, 1.807) is 7.11 Å². The van der Waals surface area contributed by atoms with Crippen molar-refractivity contribution in [3.8, 4) is 5.75 Å². The van der Waals surface area contributed by atoms with Crippen molar-refractivity contribution in [3.63, 3.8) is 0 Å². The number of benzene rings is 1. The molecule has 1 aromatic carbocycles. The van der Waals surface area contributed by atoms with Gasteiger partial charge < -0.3 is 15.4 Å². The van der Waals surface area contributed by atoms with Crippen molar-refractivity contribution in [2.24, 2.45) is 5.73 Å². The predicted octanol–water partition coefficient (Wildman–Crippen LogP) is 3.12. The van der Waals surface area contributed by atoms with Crippen LogP contribution >= 0.6 is 0 Å². The molecular weight excluding hydrogens is 224 g/mol. The summed E-state index contributed by atoms with van der Waals surface area (Å²) in [5, 5.41) is 0. The van der Waals surface area contributed by atoms with Crippen LogP contribution in [-0.4, -0.2) is 20.7 Å². The van der Waals surface area contributed by atoms with Gasteiger partial charge in [-0.3, -0.25) is 0 Å². The molecule has 1 aromatic rings. The number of hydrogen-bond donors (Lipinski definition) is 1. The molecule has 0 saturated heterocycles. The predicted molar refractivity (Wildman–Crippen MR) is 78.3 cm³/mol. The van der Waals surface area contributed by atoms with Gasteiger partial charge in [-0.15, -0.1) is 6.58 Å². The first kappa shape index (κ1) is 14.6. The highest BCUT2D eigenvalue weighted by Crippen LogP contribution is 2.33. The Morgan fingerprint density at radius 2 is 2.22 bits per heavy atom. The smallest absolute Gasteiger partial charge is 0.125 e. The third-order valence-corrected chi connectivity index (χ3v) is 3.03. The molecule has 18 heavy (non-hydrogen) atoms. The van der Waals surface area contributed by atoms with Crippen molar-refractivity contribution < 1.29 is 4.74 Å². The molecule has 0 bridgehead atoms. The van der Waals surface area contributed by atoms with Crippen molar-refractivity contribution >= 4 is 5.69 Å². The number of rotatable bonds is 7. The summed E-state index contributed by atoms with van der Waals surface area (Å²) in [4.78, 5) is 2.23. The highest BCUT2D eigenvalue weighted by Gasteiger charge is 2.15. The third kappa shape index (κ3) is 3.50. The second-order valence-corrected chi connectivity index (χ2v) is 4.53. The molecule has 1 rings (SSSR count). The van der Waals surface area contributed by atoms with Crippen LogP contribution in [0.5, 0.6) is 5.75 Å². The zero-order chi connectivity index (χ0) is 13.5. The van der Waals surface area contributed by atoms with Gasteiger partial charge in [0.05, 0.1) is 7.11 Å². The lowest BCUT2D eigenvalue weighted by Gasteiger charge is -2.25. The Morgan fingerprint density at radius 3 is 2.78 bits per heavy atom. The lowest BCUT2D eigenvalue weighted by Crippen LogP contribution is -2.22. The third-order valence-electron chi connectivity index (χ3n) is 3.03. The van der Waals surface area contributed by atoms with Gasteiger partial charge in [-0.2, -0.15) is 0 Å². The van der Waals surface area contributed by atoms with Gasteiger partial charge in [-0.25, -0.2) is 0 Å². The fourth-order valence-electron chi connectivity index (χ4n) is 2.09. The number of allylic oxidation sites excluding steroid dienone is 1. The van der Waals surface area contributed by atoms with E-state index in [4.69, 9.17) is 10.5 Å². The van der Waals surface area contributed by atoms with E-state index in [0.29, 0.717) is 0 Å². The van der Waals surface area contributed by atoms with E-state index in [0.717, 1.165) is 36.4 Å². The molecule has 0 spiro atoms. The Bertz CT molecular complexity index is 388. The van der Waals surface area contributed by atoms with E-state index in [-0.39, 0.29) is 6.04 Å². The van der Waals surface area contributed by atoms with Gasteiger partial charge in [0, 0.05) is 30.9 Å². The molecule has 0 heterocycles. The fraction of sp³-hybridized carbons (Fsp3) is 0.467. The SMILES string of the molecule is C=CCCCN(C)c1cccc(OC)c1[C@H](C)N. The molecular formula is C15H24N2O. The average molecular weight is 248 g/mol. The van der Waals surface area contributed by atoms with E-state index in [2.05, 4.69) is 24.6 Å². The molecule has 0 aromatic heterocycles. The molecule has 100 valence electrons. The van der Waals surface area contributed by atoms with Crippen molar-refractivity contribution in [2.45, 2.75) is 25.8 Å². The minimum atomic E-state index is -0.0435. The number of hydrogen-bond acceptors (Lipinski definition) is 3. The van der Waals surface area contributed by atoms with Crippen LogP contribution in [0.4, 0.5) is 5.69 Å². The van der Waals surface area contributed by atoms with E-state index >= 15 is 0 Å².